The summed E-state index contributed by atoms with van der Waals surface area (Å²) in [7, 11) is -3.73. The third kappa shape index (κ3) is 5.19. The second-order valence-corrected chi connectivity index (χ2v) is 7.31. The second-order valence-electron chi connectivity index (χ2n) is 5.75. The Morgan fingerprint density at radius 3 is 2.37 bits per heavy atom. The van der Waals surface area contributed by atoms with Crippen molar-refractivity contribution in [3.63, 3.8) is 0 Å². The van der Waals surface area contributed by atoms with Crippen LogP contribution in [0.5, 0.6) is 0 Å². The van der Waals surface area contributed by atoms with Crippen molar-refractivity contribution in [1.29, 1.82) is 0 Å². The minimum atomic E-state index is -3.73. The van der Waals surface area contributed by atoms with Gasteiger partial charge in [-0.1, -0.05) is 30.3 Å². The Morgan fingerprint density at radius 2 is 1.70 bits per heavy atom. The van der Waals surface area contributed by atoms with Crippen molar-refractivity contribution in [3.05, 3.63) is 78.1 Å². The molecule has 0 bridgehead atoms. The van der Waals surface area contributed by atoms with Crippen molar-refractivity contribution in [3.8, 4) is 11.3 Å². The van der Waals surface area contributed by atoms with Gasteiger partial charge in [0, 0.05) is 5.56 Å². The van der Waals surface area contributed by atoms with Gasteiger partial charge in [-0.2, -0.15) is 0 Å². The first-order valence-corrected chi connectivity index (χ1v) is 9.63. The number of primary sulfonamides is 1. The van der Waals surface area contributed by atoms with E-state index in [1.165, 1.54) is 12.1 Å². The molecule has 0 fully saturated rings. The van der Waals surface area contributed by atoms with Gasteiger partial charge in [-0.05, 0) is 42.0 Å². The molecule has 3 rings (SSSR count). The van der Waals surface area contributed by atoms with E-state index in [2.05, 4.69) is 5.32 Å². The van der Waals surface area contributed by atoms with Crippen LogP contribution in [0.15, 0.2) is 76.0 Å². The van der Waals surface area contributed by atoms with Gasteiger partial charge >= 0.3 is 6.09 Å². The van der Waals surface area contributed by atoms with Crippen molar-refractivity contribution in [2.24, 2.45) is 5.14 Å². The van der Waals surface area contributed by atoms with Crippen LogP contribution in [0, 0.1) is 0 Å². The SMILES string of the molecule is NS(=O)(=O)c1ccc(-c2ccc(CNC(=O)OCc3ccccc3)o2)cc1. The number of alkyl carbamates (subject to hydrolysis) is 1. The quantitative estimate of drug-likeness (QED) is 0.676. The second kappa shape index (κ2) is 8.07. The number of benzene rings is 2. The van der Waals surface area contributed by atoms with Gasteiger partial charge in [0.2, 0.25) is 10.0 Å². The molecule has 0 saturated carbocycles. The Hall–Kier alpha value is -3.10. The normalized spacial score (nSPS) is 11.1. The maximum absolute atomic E-state index is 11.8. The summed E-state index contributed by atoms with van der Waals surface area (Å²) >= 11 is 0. The molecule has 3 aromatic rings. The zero-order valence-corrected chi connectivity index (χ0v) is 15.1. The van der Waals surface area contributed by atoms with Gasteiger partial charge in [-0.15, -0.1) is 0 Å². The predicted octanol–water partition coefficient (Wildman–Crippen LogP) is 3.02. The number of sulfonamides is 1. The lowest BCUT2D eigenvalue weighted by atomic mass is 10.2. The minimum Gasteiger partial charge on any atom is -0.459 e. The van der Waals surface area contributed by atoms with Gasteiger partial charge in [0.1, 0.15) is 18.1 Å². The van der Waals surface area contributed by atoms with E-state index in [1.54, 1.807) is 24.3 Å². The number of carbonyl (C=O) groups excluding carboxylic acids is 1. The summed E-state index contributed by atoms with van der Waals surface area (Å²) in [6.07, 6.45) is -0.547. The molecule has 0 atom stereocenters. The Morgan fingerprint density at radius 1 is 1.00 bits per heavy atom. The molecule has 8 heteroatoms. The molecule has 0 saturated heterocycles. The molecule has 7 nitrogen and oxygen atoms in total. The van der Waals surface area contributed by atoms with E-state index in [0.29, 0.717) is 17.1 Å². The Labute approximate surface area is 156 Å². The Bertz CT molecular complexity index is 1010. The fourth-order valence-corrected chi connectivity index (χ4v) is 2.89. The molecule has 3 N–H and O–H groups in total. The molecule has 0 unspecified atom stereocenters. The lowest BCUT2D eigenvalue weighted by Crippen LogP contribution is -2.23. The number of rotatable bonds is 6. The first-order valence-electron chi connectivity index (χ1n) is 8.08. The lowest BCUT2D eigenvalue weighted by Gasteiger charge is -2.06. The number of amides is 1. The number of nitrogens with two attached hydrogens (primary N) is 1. The van der Waals surface area contributed by atoms with E-state index in [9.17, 15) is 13.2 Å². The highest BCUT2D eigenvalue weighted by Crippen LogP contribution is 2.23. The van der Waals surface area contributed by atoms with E-state index < -0.39 is 16.1 Å². The van der Waals surface area contributed by atoms with Crippen molar-refractivity contribution in [2.45, 2.75) is 18.0 Å². The van der Waals surface area contributed by atoms with Gasteiger partial charge in [0.25, 0.3) is 0 Å². The average molecular weight is 386 g/mol. The van der Waals surface area contributed by atoms with Gasteiger partial charge in [-0.3, -0.25) is 0 Å². The average Bonchev–Trinajstić information content (AvgIpc) is 3.14. The topological polar surface area (TPSA) is 112 Å². The number of ether oxygens (including phenoxy) is 1. The largest absolute Gasteiger partial charge is 0.459 e. The highest BCUT2D eigenvalue weighted by Gasteiger charge is 2.10. The van der Waals surface area contributed by atoms with Gasteiger partial charge in [0.05, 0.1) is 11.4 Å². The zero-order valence-electron chi connectivity index (χ0n) is 14.3. The molecule has 0 spiro atoms. The Balaban J connectivity index is 1.54. The highest BCUT2D eigenvalue weighted by molar-refractivity contribution is 7.89. The Kier molecular flexibility index (Phi) is 5.58. The standard InChI is InChI=1S/C19H18N2O5S/c20-27(23,24)17-9-6-15(7-10-17)18-11-8-16(26-18)12-21-19(22)25-13-14-4-2-1-3-5-14/h1-11H,12-13H2,(H,21,22)(H2,20,23,24). The number of nitrogens with one attached hydrogen (secondary N) is 1. The summed E-state index contributed by atoms with van der Waals surface area (Å²) in [6, 6.07) is 18.8. The first-order chi connectivity index (χ1) is 12.9. The van der Waals surface area contributed by atoms with Gasteiger partial charge in [-0.25, -0.2) is 18.4 Å². The van der Waals surface area contributed by atoms with E-state index in [1.807, 2.05) is 30.3 Å². The summed E-state index contributed by atoms with van der Waals surface area (Å²) in [5.41, 5.74) is 1.59. The van der Waals surface area contributed by atoms with Crippen LogP contribution in [-0.2, 0) is 27.9 Å². The third-order valence-electron chi connectivity index (χ3n) is 3.75. The van der Waals surface area contributed by atoms with E-state index in [0.717, 1.165) is 5.56 Å². The molecular formula is C19H18N2O5S. The fraction of sp³-hybridized carbons (Fsp3) is 0.105. The van der Waals surface area contributed by atoms with Gasteiger partial charge < -0.3 is 14.5 Å². The van der Waals surface area contributed by atoms with Crippen LogP contribution in [0.3, 0.4) is 0 Å². The minimum absolute atomic E-state index is 0.0286. The summed E-state index contributed by atoms with van der Waals surface area (Å²) in [6.45, 7) is 0.357. The molecule has 140 valence electrons. The van der Waals surface area contributed by atoms with Crippen LogP contribution in [0.25, 0.3) is 11.3 Å². The molecule has 1 amide bonds. The molecule has 27 heavy (non-hydrogen) atoms. The first kappa shape index (κ1) is 18.7. The fourth-order valence-electron chi connectivity index (χ4n) is 2.37. The van der Waals surface area contributed by atoms with E-state index >= 15 is 0 Å². The van der Waals surface area contributed by atoms with Crippen LogP contribution in [0.1, 0.15) is 11.3 Å². The zero-order chi connectivity index (χ0) is 19.3. The van der Waals surface area contributed by atoms with E-state index in [-0.39, 0.29) is 18.0 Å². The number of hydrogen-bond donors (Lipinski definition) is 2. The van der Waals surface area contributed by atoms with Crippen molar-refractivity contribution < 1.29 is 22.4 Å². The highest BCUT2D eigenvalue weighted by atomic mass is 32.2. The van der Waals surface area contributed by atoms with E-state index in [4.69, 9.17) is 14.3 Å². The monoisotopic (exact) mass is 386 g/mol. The maximum Gasteiger partial charge on any atom is 0.407 e. The van der Waals surface area contributed by atoms with Gasteiger partial charge in [0.15, 0.2) is 0 Å². The smallest absolute Gasteiger partial charge is 0.407 e. The molecule has 1 aromatic heterocycles. The van der Waals surface area contributed by atoms with Crippen molar-refractivity contribution in [1.82, 2.24) is 5.32 Å². The molecule has 0 aliphatic heterocycles. The van der Waals surface area contributed by atoms with Crippen LogP contribution in [-0.4, -0.2) is 14.5 Å². The predicted molar refractivity (Wildman–Crippen MR) is 99.0 cm³/mol. The molecule has 0 aliphatic carbocycles. The van der Waals surface area contributed by atoms with Crippen LogP contribution >= 0.6 is 0 Å². The number of furan rings is 1. The maximum atomic E-state index is 11.8. The molecule has 0 radical (unpaired) electrons. The summed E-state index contributed by atoms with van der Waals surface area (Å²) < 4.78 is 33.3. The summed E-state index contributed by atoms with van der Waals surface area (Å²) in [4.78, 5) is 11.8. The molecule has 0 aliphatic rings. The summed E-state index contributed by atoms with van der Waals surface area (Å²) in [5, 5.41) is 7.69. The molecular weight excluding hydrogens is 368 g/mol. The van der Waals surface area contributed by atoms with Crippen molar-refractivity contribution in [2.75, 3.05) is 0 Å². The van der Waals surface area contributed by atoms with Crippen LogP contribution < -0.4 is 10.5 Å². The van der Waals surface area contributed by atoms with Crippen LogP contribution in [0.4, 0.5) is 4.79 Å². The van der Waals surface area contributed by atoms with Crippen molar-refractivity contribution >= 4 is 16.1 Å². The number of carbonyl (C=O) groups is 1. The lowest BCUT2D eigenvalue weighted by molar-refractivity contribution is 0.138. The number of hydrogen-bond acceptors (Lipinski definition) is 5. The molecule has 2 aromatic carbocycles. The third-order valence-corrected chi connectivity index (χ3v) is 4.68. The molecule has 1 heterocycles. The summed E-state index contributed by atoms with van der Waals surface area (Å²) in [5.74, 6) is 1.09. The van der Waals surface area contributed by atoms with Crippen LogP contribution in [0.2, 0.25) is 0 Å².